The average Bonchev–Trinajstić information content (AvgIpc) is 2.39. The first-order chi connectivity index (χ1) is 8.20. The summed E-state index contributed by atoms with van der Waals surface area (Å²) in [6.45, 7) is 2.08. The van der Waals surface area contributed by atoms with Gasteiger partial charge in [0.2, 0.25) is 0 Å². The highest BCUT2D eigenvalue weighted by Gasteiger charge is 2.19. The highest BCUT2D eigenvalue weighted by atomic mass is 32.2. The van der Waals surface area contributed by atoms with Crippen LogP contribution in [0, 0.1) is 5.41 Å². The van der Waals surface area contributed by atoms with Crippen molar-refractivity contribution in [3.63, 3.8) is 0 Å². The number of hydrogen-bond acceptors (Lipinski definition) is 4. The van der Waals surface area contributed by atoms with Crippen molar-refractivity contribution in [3.8, 4) is 0 Å². The lowest BCUT2D eigenvalue weighted by Gasteiger charge is -2.32. The van der Waals surface area contributed by atoms with E-state index in [-0.39, 0.29) is 5.84 Å². The summed E-state index contributed by atoms with van der Waals surface area (Å²) in [5, 5.41) is 8.18. The highest BCUT2D eigenvalue weighted by molar-refractivity contribution is 7.99. The molecule has 17 heavy (non-hydrogen) atoms. The molecule has 2 heterocycles. The van der Waals surface area contributed by atoms with Crippen LogP contribution in [0.15, 0.2) is 18.2 Å². The van der Waals surface area contributed by atoms with E-state index in [1.807, 2.05) is 23.9 Å². The minimum atomic E-state index is 0.0332. The molecule has 0 radical (unpaired) electrons. The second-order valence-corrected chi connectivity index (χ2v) is 5.35. The average molecular weight is 250 g/mol. The number of hydrogen-bond donors (Lipinski definition) is 2. The lowest BCUT2D eigenvalue weighted by Crippen LogP contribution is -2.35. The number of aromatic nitrogens is 1. The zero-order valence-electron chi connectivity index (χ0n) is 10.0. The van der Waals surface area contributed by atoms with Gasteiger partial charge in [-0.15, -0.1) is 0 Å². The molecule has 1 aromatic rings. The third-order valence-electron chi connectivity index (χ3n) is 3.11. The van der Waals surface area contributed by atoms with E-state index in [2.05, 4.69) is 16.1 Å². The minimum absolute atomic E-state index is 0.0332. The van der Waals surface area contributed by atoms with Gasteiger partial charge in [-0.2, -0.15) is 11.8 Å². The summed E-state index contributed by atoms with van der Waals surface area (Å²) >= 11 is 1.95. The van der Waals surface area contributed by atoms with Crippen molar-refractivity contribution >= 4 is 23.4 Å². The molecular weight excluding hydrogens is 232 g/mol. The van der Waals surface area contributed by atoms with E-state index in [1.54, 1.807) is 6.07 Å². The standard InChI is InChI=1S/C12H18N4S/c1-17-9-5-7-16(8-6-9)11-4-2-3-10(15-11)12(13)14/h2-4,9H,5-8H2,1H3,(H3,13,14). The molecule has 1 aliphatic heterocycles. The predicted octanol–water partition coefficient (Wildman–Crippen LogP) is 1.70. The molecule has 2 rings (SSSR count). The largest absolute Gasteiger partial charge is 0.382 e. The summed E-state index contributed by atoms with van der Waals surface area (Å²) in [4.78, 5) is 6.69. The Bertz CT molecular complexity index is 399. The molecule has 1 saturated heterocycles. The van der Waals surface area contributed by atoms with E-state index in [0.717, 1.165) is 24.2 Å². The van der Waals surface area contributed by atoms with Crippen LogP contribution in [0.5, 0.6) is 0 Å². The van der Waals surface area contributed by atoms with Crippen LogP contribution >= 0.6 is 11.8 Å². The van der Waals surface area contributed by atoms with E-state index in [0.29, 0.717) is 5.69 Å². The van der Waals surface area contributed by atoms with Crippen molar-refractivity contribution in [3.05, 3.63) is 23.9 Å². The van der Waals surface area contributed by atoms with E-state index >= 15 is 0 Å². The van der Waals surface area contributed by atoms with Crippen LogP contribution < -0.4 is 10.6 Å². The van der Waals surface area contributed by atoms with Gasteiger partial charge in [-0.3, -0.25) is 5.41 Å². The van der Waals surface area contributed by atoms with Crippen LogP contribution in [0.3, 0.4) is 0 Å². The summed E-state index contributed by atoms with van der Waals surface area (Å²) in [5.41, 5.74) is 6.02. The van der Waals surface area contributed by atoms with Gasteiger partial charge in [-0.25, -0.2) is 4.98 Å². The van der Waals surface area contributed by atoms with Crippen molar-refractivity contribution in [1.29, 1.82) is 5.41 Å². The molecule has 3 N–H and O–H groups in total. The normalized spacial score (nSPS) is 17.1. The molecule has 1 aromatic heterocycles. The number of nitrogens with one attached hydrogen (secondary N) is 1. The Kier molecular flexibility index (Phi) is 3.89. The molecule has 0 atom stereocenters. The summed E-state index contributed by atoms with van der Waals surface area (Å²) in [7, 11) is 0. The zero-order valence-corrected chi connectivity index (χ0v) is 10.8. The molecule has 1 fully saturated rings. The first kappa shape index (κ1) is 12.2. The number of nitrogens with zero attached hydrogens (tertiary/aromatic N) is 2. The van der Waals surface area contributed by atoms with E-state index in [1.165, 1.54) is 12.8 Å². The van der Waals surface area contributed by atoms with Crippen LogP contribution in [0.25, 0.3) is 0 Å². The number of anilines is 1. The quantitative estimate of drug-likeness (QED) is 0.633. The second kappa shape index (κ2) is 5.40. The van der Waals surface area contributed by atoms with Crippen LogP contribution in [0.2, 0.25) is 0 Å². The number of amidine groups is 1. The Morgan fingerprint density at radius 3 is 2.76 bits per heavy atom. The van der Waals surface area contributed by atoms with E-state index in [4.69, 9.17) is 11.1 Å². The summed E-state index contributed by atoms with van der Waals surface area (Å²) in [6, 6.07) is 5.69. The van der Waals surface area contributed by atoms with Gasteiger partial charge in [0.25, 0.3) is 0 Å². The van der Waals surface area contributed by atoms with Crippen molar-refractivity contribution in [2.24, 2.45) is 5.73 Å². The maximum absolute atomic E-state index is 7.40. The number of nitrogens with two attached hydrogens (primary N) is 1. The van der Waals surface area contributed by atoms with Gasteiger partial charge in [0.05, 0.1) is 0 Å². The SMILES string of the molecule is CSC1CCN(c2cccc(C(=N)N)n2)CC1. The second-order valence-electron chi connectivity index (χ2n) is 4.22. The first-order valence-electron chi connectivity index (χ1n) is 5.80. The molecule has 0 unspecified atom stereocenters. The molecule has 0 aromatic carbocycles. The van der Waals surface area contributed by atoms with Gasteiger partial charge in [-0.05, 0) is 31.2 Å². The molecule has 0 aliphatic carbocycles. The molecule has 4 nitrogen and oxygen atoms in total. The Morgan fingerprint density at radius 2 is 2.18 bits per heavy atom. The fourth-order valence-corrected chi connectivity index (χ4v) is 2.75. The van der Waals surface area contributed by atoms with Gasteiger partial charge in [-0.1, -0.05) is 6.07 Å². The summed E-state index contributed by atoms with van der Waals surface area (Å²) in [6.07, 6.45) is 4.58. The van der Waals surface area contributed by atoms with E-state index in [9.17, 15) is 0 Å². The lowest BCUT2D eigenvalue weighted by atomic mass is 10.1. The van der Waals surface area contributed by atoms with E-state index < -0.39 is 0 Å². The lowest BCUT2D eigenvalue weighted by molar-refractivity contribution is 0.587. The fourth-order valence-electron chi connectivity index (χ4n) is 2.07. The van der Waals surface area contributed by atoms with Crippen molar-refractivity contribution < 1.29 is 0 Å². The number of pyridine rings is 1. The maximum atomic E-state index is 7.40. The fraction of sp³-hybridized carbons (Fsp3) is 0.500. The molecule has 0 saturated carbocycles. The topological polar surface area (TPSA) is 66.0 Å². The summed E-state index contributed by atoms with van der Waals surface area (Å²) < 4.78 is 0. The summed E-state index contributed by atoms with van der Waals surface area (Å²) in [5.74, 6) is 0.975. The number of nitrogen functional groups attached to an aromatic ring is 1. The molecule has 0 spiro atoms. The molecular formula is C12H18N4S. The molecule has 0 amide bonds. The third kappa shape index (κ3) is 2.91. The van der Waals surface area contributed by atoms with Crippen molar-refractivity contribution in [2.75, 3.05) is 24.2 Å². The van der Waals surface area contributed by atoms with Crippen LogP contribution in [-0.2, 0) is 0 Å². The van der Waals surface area contributed by atoms with Crippen LogP contribution in [0.1, 0.15) is 18.5 Å². The molecule has 1 aliphatic rings. The molecule has 0 bridgehead atoms. The van der Waals surface area contributed by atoms with Gasteiger partial charge >= 0.3 is 0 Å². The Labute approximate surface area is 106 Å². The Balaban J connectivity index is 2.08. The van der Waals surface area contributed by atoms with Crippen molar-refractivity contribution in [2.45, 2.75) is 18.1 Å². The smallest absolute Gasteiger partial charge is 0.141 e. The Morgan fingerprint density at radius 1 is 1.47 bits per heavy atom. The monoisotopic (exact) mass is 250 g/mol. The maximum Gasteiger partial charge on any atom is 0.141 e. The first-order valence-corrected chi connectivity index (χ1v) is 7.08. The van der Waals surface area contributed by atoms with Gasteiger partial charge in [0, 0.05) is 18.3 Å². The van der Waals surface area contributed by atoms with Crippen LogP contribution in [0.4, 0.5) is 5.82 Å². The predicted molar refractivity (Wildman–Crippen MR) is 74.0 cm³/mol. The Hall–Kier alpha value is -1.23. The molecule has 92 valence electrons. The number of rotatable bonds is 3. The van der Waals surface area contributed by atoms with Crippen molar-refractivity contribution in [1.82, 2.24) is 4.98 Å². The zero-order chi connectivity index (χ0) is 12.3. The van der Waals surface area contributed by atoms with Gasteiger partial charge in [0.15, 0.2) is 0 Å². The third-order valence-corrected chi connectivity index (χ3v) is 4.25. The highest BCUT2D eigenvalue weighted by Crippen LogP contribution is 2.24. The number of piperidine rings is 1. The van der Waals surface area contributed by atoms with Gasteiger partial charge in [0.1, 0.15) is 17.3 Å². The van der Waals surface area contributed by atoms with Crippen LogP contribution in [-0.4, -0.2) is 35.4 Å². The number of thioether (sulfide) groups is 1. The molecule has 5 heteroatoms. The minimum Gasteiger partial charge on any atom is -0.382 e. The van der Waals surface area contributed by atoms with Gasteiger partial charge < -0.3 is 10.6 Å².